The standard InChI is InChI=1S/C23H18N2O5S/c26-22(19-5-3-13-28-19)25-21-11-10-20(31-21)23(27)30-14-16-6-8-18(9-7-16)29-15-17-4-1-2-12-24-17/h1-13H,14-15H2,(H,25,26). The molecule has 0 bridgehead atoms. The summed E-state index contributed by atoms with van der Waals surface area (Å²) in [7, 11) is 0. The van der Waals surface area contributed by atoms with Crippen molar-refractivity contribution in [2.24, 2.45) is 0 Å². The summed E-state index contributed by atoms with van der Waals surface area (Å²) < 4.78 is 16.1. The molecule has 0 atom stereocenters. The fourth-order valence-electron chi connectivity index (χ4n) is 2.64. The van der Waals surface area contributed by atoms with Crippen LogP contribution in [0.4, 0.5) is 5.00 Å². The van der Waals surface area contributed by atoms with E-state index in [0.29, 0.717) is 22.2 Å². The number of hydrogen-bond acceptors (Lipinski definition) is 7. The van der Waals surface area contributed by atoms with E-state index in [4.69, 9.17) is 13.9 Å². The number of anilines is 1. The van der Waals surface area contributed by atoms with Crippen molar-refractivity contribution in [3.63, 3.8) is 0 Å². The molecule has 0 fully saturated rings. The molecule has 1 amide bonds. The summed E-state index contributed by atoms with van der Waals surface area (Å²) in [6, 6.07) is 19.4. The average molecular weight is 434 g/mol. The highest BCUT2D eigenvalue weighted by atomic mass is 32.1. The zero-order chi connectivity index (χ0) is 21.5. The predicted octanol–water partition coefficient (Wildman–Crippen LogP) is 4.92. The normalized spacial score (nSPS) is 10.5. The molecule has 4 aromatic rings. The molecule has 31 heavy (non-hydrogen) atoms. The average Bonchev–Trinajstić information content (AvgIpc) is 3.50. The van der Waals surface area contributed by atoms with Gasteiger partial charge in [-0.25, -0.2) is 4.79 Å². The van der Waals surface area contributed by atoms with Gasteiger partial charge >= 0.3 is 5.97 Å². The molecule has 3 aromatic heterocycles. The molecule has 0 spiro atoms. The van der Waals surface area contributed by atoms with Crippen LogP contribution in [0.5, 0.6) is 5.75 Å². The Kier molecular flexibility index (Phi) is 6.39. The van der Waals surface area contributed by atoms with Crippen molar-refractivity contribution < 1.29 is 23.5 Å². The molecule has 0 saturated heterocycles. The van der Waals surface area contributed by atoms with Gasteiger partial charge in [0.05, 0.1) is 17.0 Å². The van der Waals surface area contributed by atoms with Gasteiger partial charge in [-0.1, -0.05) is 18.2 Å². The van der Waals surface area contributed by atoms with E-state index in [-0.39, 0.29) is 18.3 Å². The number of aromatic nitrogens is 1. The highest BCUT2D eigenvalue weighted by molar-refractivity contribution is 7.18. The van der Waals surface area contributed by atoms with Crippen LogP contribution in [0, 0.1) is 0 Å². The second-order valence-corrected chi connectivity index (χ2v) is 7.51. The van der Waals surface area contributed by atoms with Gasteiger partial charge in [-0.2, -0.15) is 0 Å². The highest BCUT2D eigenvalue weighted by Gasteiger charge is 2.14. The topological polar surface area (TPSA) is 90.7 Å². The van der Waals surface area contributed by atoms with E-state index < -0.39 is 5.97 Å². The first-order valence-electron chi connectivity index (χ1n) is 9.41. The van der Waals surface area contributed by atoms with Crippen molar-refractivity contribution in [2.75, 3.05) is 5.32 Å². The van der Waals surface area contributed by atoms with Gasteiger partial charge in [0, 0.05) is 6.20 Å². The Labute approximate surface area is 182 Å². The SMILES string of the molecule is O=C(Nc1ccc(C(=O)OCc2ccc(OCc3ccccn3)cc2)s1)c1ccco1. The summed E-state index contributed by atoms with van der Waals surface area (Å²) in [6.07, 6.45) is 3.14. The number of thiophene rings is 1. The molecule has 4 rings (SSSR count). The second-order valence-electron chi connectivity index (χ2n) is 6.43. The van der Waals surface area contributed by atoms with E-state index in [0.717, 1.165) is 22.6 Å². The lowest BCUT2D eigenvalue weighted by Gasteiger charge is -2.07. The van der Waals surface area contributed by atoms with Crippen LogP contribution in [0.3, 0.4) is 0 Å². The van der Waals surface area contributed by atoms with Crippen molar-refractivity contribution in [2.45, 2.75) is 13.2 Å². The van der Waals surface area contributed by atoms with Crippen LogP contribution in [0.25, 0.3) is 0 Å². The van der Waals surface area contributed by atoms with E-state index in [1.54, 1.807) is 30.5 Å². The summed E-state index contributed by atoms with van der Waals surface area (Å²) in [5.41, 5.74) is 1.68. The number of benzene rings is 1. The number of hydrogen-bond donors (Lipinski definition) is 1. The lowest BCUT2D eigenvalue weighted by Crippen LogP contribution is -2.09. The minimum absolute atomic E-state index is 0.130. The molecule has 7 nitrogen and oxygen atoms in total. The highest BCUT2D eigenvalue weighted by Crippen LogP contribution is 2.24. The third kappa shape index (κ3) is 5.58. The predicted molar refractivity (Wildman–Crippen MR) is 115 cm³/mol. The van der Waals surface area contributed by atoms with Crippen LogP contribution in [-0.2, 0) is 18.0 Å². The molecule has 0 saturated carbocycles. The lowest BCUT2D eigenvalue weighted by atomic mass is 10.2. The molecule has 0 aliphatic carbocycles. The zero-order valence-electron chi connectivity index (χ0n) is 16.3. The zero-order valence-corrected chi connectivity index (χ0v) is 17.1. The van der Waals surface area contributed by atoms with Crippen LogP contribution in [0.2, 0.25) is 0 Å². The number of nitrogens with zero attached hydrogens (tertiary/aromatic N) is 1. The minimum Gasteiger partial charge on any atom is -0.487 e. The first-order chi connectivity index (χ1) is 15.2. The van der Waals surface area contributed by atoms with Crippen LogP contribution in [0.15, 0.2) is 83.6 Å². The molecule has 156 valence electrons. The van der Waals surface area contributed by atoms with Crippen molar-refractivity contribution >= 4 is 28.2 Å². The number of ether oxygens (including phenoxy) is 2. The third-order valence-electron chi connectivity index (χ3n) is 4.20. The van der Waals surface area contributed by atoms with Crippen molar-refractivity contribution in [1.29, 1.82) is 0 Å². The summed E-state index contributed by atoms with van der Waals surface area (Å²) >= 11 is 1.13. The smallest absolute Gasteiger partial charge is 0.348 e. The van der Waals surface area contributed by atoms with E-state index >= 15 is 0 Å². The monoisotopic (exact) mass is 434 g/mol. The maximum absolute atomic E-state index is 12.3. The second kappa shape index (κ2) is 9.73. The largest absolute Gasteiger partial charge is 0.487 e. The first-order valence-corrected chi connectivity index (χ1v) is 10.2. The quantitative estimate of drug-likeness (QED) is 0.396. The number of pyridine rings is 1. The minimum atomic E-state index is -0.459. The number of nitrogens with one attached hydrogen (secondary N) is 1. The van der Waals surface area contributed by atoms with Gasteiger partial charge in [-0.05, 0) is 54.1 Å². The van der Waals surface area contributed by atoms with Gasteiger partial charge in [0.25, 0.3) is 5.91 Å². The number of carbonyl (C=O) groups excluding carboxylic acids is 2. The Balaban J connectivity index is 1.26. The molecule has 3 heterocycles. The van der Waals surface area contributed by atoms with Crippen LogP contribution < -0.4 is 10.1 Å². The third-order valence-corrected chi connectivity index (χ3v) is 5.18. The first kappa shape index (κ1) is 20.4. The van der Waals surface area contributed by atoms with Gasteiger partial charge in [-0.3, -0.25) is 9.78 Å². The fraction of sp³-hybridized carbons (Fsp3) is 0.0870. The van der Waals surface area contributed by atoms with Crippen LogP contribution in [-0.4, -0.2) is 16.9 Å². The Morgan fingerprint density at radius 1 is 0.968 bits per heavy atom. The molecular weight excluding hydrogens is 416 g/mol. The molecule has 1 aromatic carbocycles. The Morgan fingerprint density at radius 2 is 1.84 bits per heavy atom. The molecule has 0 unspecified atom stereocenters. The van der Waals surface area contributed by atoms with Gasteiger partial charge in [-0.15, -0.1) is 11.3 Å². The summed E-state index contributed by atoms with van der Waals surface area (Å²) in [6.45, 7) is 0.512. The number of esters is 1. The maximum atomic E-state index is 12.3. The van der Waals surface area contributed by atoms with Crippen LogP contribution >= 0.6 is 11.3 Å². The van der Waals surface area contributed by atoms with Gasteiger partial charge < -0.3 is 19.2 Å². The maximum Gasteiger partial charge on any atom is 0.348 e. The molecule has 0 aliphatic rings. The molecule has 0 radical (unpaired) electrons. The summed E-state index contributed by atoms with van der Waals surface area (Å²) in [4.78, 5) is 28.9. The van der Waals surface area contributed by atoms with Crippen LogP contribution in [0.1, 0.15) is 31.5 Å². The molecule has 8 heteroatoms. The van der Waals surface area contributed by atoms with Gasteiger partial charge in [0.15, 0.2) is 5.76 Å². The van der Waals surface area contributed by atoms with Crippen molar-refractivity contribution in [3.05, 3.63) is 101 Å². The number of rotatable bonds is 8. The number of furan rings is 1. The van der Waals surface area contributed by atoms with E-state index in [1.165, 1.54) is 6.26 Å². The summed E-state index contributed by atoms with van der Waals surface area (Å²) in [5.74, 6) is 0.0667. The molecule has 1 N–H and O–H groups in total. The number of carbonyl (C=O) groups is 2. The van der Waals surface area contributed by atoms with Gasteiger partial charge in [0.2, 0.25) is 0 Å². The number of amides is 1. The molecular formula is C23H18N2O5S. The van der Waals surface area contributed by atoms with E-state index in [1.807, 2.05) is 42.5 Å². The Morgan fingerprint density at radius 3 is 2.58 bits per heavy atom. The Bertz CT molecular complexity index is 1140. The van der Waals surface area contributed by atoms with E-state index in [2.05, 4.69) is 10.3 Å². The fourth-order valence-corrected chi connectivity index (χ4v) is 3.43. The Hall–Kier alpha value is -3.91. The van der Waals surface area contributed by atoms with Gasteiger partial charge in [0.1, 0.15) is 23.8 Å². The van der Waals surface area contributed by atoms with Crippen molar-refractivity contribution in [3.8, 4) is 5.75 Å². The van der Waals surface area contributed by atoms with E-state index in [9.17, 15) is 9.59 Å². The summed E-state index contributed by atoms with van der Waals surface area (Å²) in [5, 5.41) is 3.21. The van der Waals surface area contributed by atoms with Crippen molar-refractivity contribution in [1.82, 2.24) is 4.98 Å². The lowest BCUT2D eigenvalue weighted by molar-refractivity contribution is 0.0478. The molecule has 0 aliphatic heterocycles.